The molecule has 1 aromatic heterocycles. The summed E-state index contributed by atoms with van der Waals surface area (Å²) in [6, 6.07) is 12.2. The van der Waals surface area contributed by atoms with Gasteiger partial charge in [-0.25, -0.2) is 4.79 Å². The van der Waals surface area contributed by atoms with E-state index in [1.165, 1.54) is 0 Å². The highest BCUT2D eigenvalue weighted by Gasteiger charge is 2.19. The normalized spacial score (nSPS) is 11.8. The van der Waals surface area contributed by atoms with Gasteiger partial charge in [0.25, 0.3) is 0 Å². The summed E-state index contributed by atoms with van der Waals surface area (Å²) >= 11 is 0. The van der Waals surface area contributed by atoms with Crippen LogP contribution in [0.2, 0.25) is 0 Å². The van der Waals surface area contributed by atoms with Gasteiger partial charge in [-0.05, 0) is 44.0 Å². The summed E-state index contributed by atoms with van der Waals surface area (Å²) in [5.74, 6) is 0.769. The monoisotopic (exact) mass is 399 g/mol. The van der Waals surface area contributed by atoms with Crippen LogP contribution in [0.15, 0.2) is 53.8 Å². The maximum absolute atomic E-state index is 12.1. The number of nitrogens with one attached hydrogen (secondary N) is 2. The number of carbonyl (C=O) groups is 1. The minimum atomic E-state index is -0.491. The fourth-order valence-electron chi connectivity index (χ4n) is 2.67. The van der Waals surface area contributed by atoms with Gasteiger partial charge in [-0.15, -0.1) is 0 Å². The van der Waals surface area contributed by atoms with Crippen LogP contribution in [-0.2, 0) is 24.4 Å². The average molecular weight is 400 g/mol. The summed E-state index contributed by atoms with van der Waals surface area (Å²) < 4.78 is 7.50. The zero-order valence-corrected chi connectivity index (χ0v) is 18.1. The lowest BCUT2D eigenvalue weighted by atomic mass is 10.1. The number of nitrogens with zero attached hydrogens (tertiary/aromatic N) is 3. The second-order valence-corrected chi connectivity index (χ2v) is 7.93. The SMILES string of the molecule is CN=C(NCCn1cccc1)NCc1ccc(CN(C)C(=O)OC(C)(C)C)cc1. The maximum Gasteiger partial charge on any atom is 0.410 e. The summed E-state index contributed by atoms with van der Waals surface area (Å²) in [6.07, 6.45) is 3.76. The lowest BCUT2D eigenvalue weighted by molar-refractivity contribution is 0.0285. The lowest BCUT2D eigenvalue weighted by Gasteiger charge is -2.24. The molecule has 0 saturated carbocycles. The van der Waals surface area contributed by atoms with Crippen molar-refractivity contribution >= 4 is 12.1 Å². The van der Waals surface area contributed by atoms with Crippen molar-refractivity contribution in [3.8, 4) is 0 Å². The molecule has 0 fully saturated rings. The van der Waals surface area contributed by atoms with Crippen molar-refractivity contribution in [2.45, 2.75) is 46.0 Å². The number of ether oxygens (including phenoxy) is 1. The van der Waals surface area contributed by atoms with Gasteiger partial charge in [0, 0.05) is 52.7 Å². The van der Waals surface area contributed by atoms with E-state index in [0.29, 0.717) is 13.1 Å². The van der Waals surface area contributed by atoms with Crippen LogP contribution >= 0.6 is 0 Å². The number of guanidine groups is 1. The first kappa shape index (κ1) is 22.3. The van der Waals surface area contributed by atoms with Crippen molar-refractivity contribution in [2.24, 2.45) is 4.99 Å². The molecule has 1 heterocycles. The largest absolute Gasteiger partial charge is 0.444 e. The molecule has 0 aliphatic carbocycles. The van der Waals surface area contributed by atoms with Crippen molar-refractivity contribution < 1.29 is 9.53 Å². The van der Waals surface area contributed by atoms with Gasteiger partial charge >= 0.3 is 6.09 Å². The Hall–Kier alpha value is -2.96. The minimum Gasteiger partial charge on any atom is -0.444 e. The third-order valence-corrected chi connectivity index (χ3v) is 4.16. The Morgan fingerprint density at radius 1 is 1.10 bits per heavy atom. The van der Waals surface area contributed by atoms with Gasteiger partial charge in [0.1, 0.15) is 5.60 Å². The second kappa shape index (κ2) is 10.5. The summed E-state index contributed by atoms with van der Waals surface area (Å²) in [5.41, 5.74) is 1.70. The number of rotatable bonds is 7. The molecular weight excluding hydrogens is 366 g/mol. The molecule has 0 bridgehead atoms. The molecule has 7 heteroatoms. The third-order valence-electron chi connectivity index (χ3n) is 4.16. The van der Waals surface area contributed by atoms with Gasteiger partial charge in [0.2, 0.25) is 0 Å². The molecule has 158 valence electrons. The van der Waals surface area contributed by atoms with Crippen LogP contribution in [0.25, 0.3) is 0 Å². The quantitative estimate of drug-likeness (QED) is 0.554. The predicted molar refractivity (Wildman–Crippen MR) is 117 cm³/mol. The molecule has 1 amide bonds. The third kappa shape index (κ3) is 8.29. The second-order valence-electron chi connectivity index (χ2n) is 7.93. The molecule has 0 saturated heterocycles. The highest BCUT2D eigenvalue weighted by atomic mass is 16.6. The van der Waals surface area contributed by atoms with Gasteiger partial charge in [-0.3, -0.25) is 4.99 Å². The summed E-state index contributed by atoms with van der Waals surface area (Å²) in [6.45, 7) is 8.45. The number of benzene rings is 1. The van der Waals surface area contributed by atoms with Gasteiger partial charge in [-0.2, -0.15) is 0 Å². The number of hydrogen-bond acceptors (Lipinski definition) is 3. The van der Waals surface area contributed by atoms with Crippen LogP contribution in [0.5, 0.6) is 0 Å². The molecule has 0 aliphatic heterocycles. The average Bonchev–Trinajstić information content (AvgIpc) is 3.17. The molecule has 0 unspecified atom stereocenters. The highest BCUT2D eigenvalue weighted by molar-refractivity contribution is 5.79. The maximum atomic E-state index is 12.1. The van der Waals surface area contributed by atoms with E-state index >= 15 is 0 Å². The van der Waals surface area contributed by atoms with E-state index in [-0.39, 0.29) is 6.09 Å². The molecule has 0 atom stereocenters. The van der Waals surface area contributed by atoms with Gasteiger partial charge in [-0.1, -0.05) is 24.3 Å². The van der Waals surface area contributed by atoms with Crippen LogP contribution in [0.3, 0.4) is 0 Å². The first-order valence-corrected chi connectivity index (χ1v) is 9.84. The molecule has 1 aromatic carbocycles. The van der Waals surface area contributed by atoms with Gasteiger partial charge < -0.3 is 24.8 Å². The molecule has 2 aromatic rings. The fraction of sp³-hybridized carbons (Fsp3) is 0.455. The van der Waals surface area contributed by atoms with Crippen LogP contribution in [0.1, 0.15) is 31.9 Å². The lowest BCUT2D eigenvalue weighted by Crippen LogP contribution is -2.38. The summed E-state index contributed by atoms with van der Waals surface area (Å²) in [4.78, 5) is 17.9. The van der Waals surface area contributed by atoms with Crippen molar-refractivity contribution in [3.63, 3.8) is 0 Å². The summed E-state index contributed by atoms with van der Waals surface area (Å²) in [7, 11) is 3.51. The molecule has 0 radical (unpaired) electrons. The van der Waals surface area contributed by atoms with E-state index in [0.717, 1.165) is 30.2 Å². The smallest absolute Gasteiger partial charge is 0.410 e. The number of aliphatic imine (C=N–C) groups is 1. The Morgan fingerprint density at radius 2 is 1.72 bits per heavy atom. The van der Waals surface area contributed by atoms with Gasteiger partial charge in [0.05, 0.1) is 0 Å². The van der Waals surface area contributed by atoms with Crippen LogP contribution in [0, 0.1) is 0 Å². The van der Waals surface area contributed by atoms with Crippen LogP contribution in [-0.4, -0.2) is 47.8 Å². The zero-order chi connectivity index (χ0) is 21.3. The number of hydrogen-bond donors (Lipinski definition) is 2. The Balaban J connectivity index is 1.76. The van der Waals surface area contributed by atoms with Crippen molar-refractivity contribution in [3.05, 3.63) is 59.9 Å². The van der Waals surface area contributed by atoms with E-state index in [4.69, 9.17) is 4.74 Å². The van der Waals surface area contributed by atoms with Crippen molar-refractivity contribution in [1.29, 1.82) is 0 Å². The Morgan fingerprint density at radius 3 is 2.31 bits per heavy atom. The summed E-state index contributed by atoms with van der Waals surface area (Å²) in [5, 5.41) is 6.62. The predicted octanol–water partition coefficient (Wildman–Crippen LogP) is 3.22. The molecule has 29 heavy (non-hydrogen) atoms. The molecule has 0 spiro atoms. The van der Waals surface area contributed by atoms with Crippen LogP contribution < -0.4 is 10.6 Å². The molecule has 2 rings (SSSR count). The van der Waals surface area contributed by atoms with Gasteiger partial charge in [0.15, 0.2) is 5.96 Å². The van der Waals surface area contributed by atoms with E-state index in [1.54, 1.807) is 19.0 Å². The van der Waals surface area contributed by atoms with E-state index in [2.05, 4.69) is 32.3 Å². The Kier molecular flexibility index (Phi) is 8.12. The first-order valence-electron chi connectivity index (χ1n) is 9.84. The van der Waals surface area contributed by atoms with E-state index in [9.17, 15) is 4.79 Å². The molecule has 0 aliphatic rings. The first-order chi connectivity index (χ1) is 13.8. The Bertz CT molecular complexity index is 777. The standard InChI is InChI=1S/C22H33N5O2/c1-22(2,3)29-21(28)26(5)17-19-10-8-18(9-11-19)16-25-20(23-4)24-12-15-27-13-6-7-14-27/h6-11,13-14H,12,15-17H2,1-5H3,(H2,23,24,25). The van der Waals surface area contributed by atoms with Crippen LogP contribution in [0.4, 0.5) is 4.79 Å². The zero-order valence-electron chi connectivity index (χ0n) is 18.1. The Labute approximate surface area is 173 Å². The molecule has 7 nitrogen and oxygen atoms in total. The number of amides is 1. The van der Waals surface area contributed by atoms with Crippen molar-refractivity contribution in [1.82, 2.24) is 20.1 Å². The number of carbonyl (C=O) groups excluding carboxylic acids is 1. The minimum absolute atomic E-state index is 0.321. The fourth-order valence-corrected chi connectivity index (χ4v) is 2.67. The number of aromatic nitrogens is 1. The molecule has 2 N–H and O–H groups in total. The van der Waals surface area contributed by atoms with Crippen molar-refractivity contribution in [2.75, 3.05) is 20.6 Å². The topological polar surface area (TPSA) is 70.9 Å². The van der Waals surface area contributed by atoms with E-state index in [1.807, 2.05) is 57.4 Å². The highest BCUT2D eigenvalue weighted by Crippen LogP contribution is 2.12. The molecular formula is C22H33N5O2. The van der Waals surface area contributed by atoms with E-state index < -0.39 is 5.60 Å².